The molecule has 1 aliphatic heterocycles. The Bertz CT molecular complexity index is 888. The van der Waals surface area contributed by atoms with Crippen LogP contribution in [0.4, 0.5) is 5.13 Å². The van der Waals surface area contributed by atoms with Gasteiger partial charge in [0.1, 0.15) is 4.21 Å². The SMILES string of the molecule is CC1CCN(Cc2csc(NC(=O)CCCN(C)S(=O)(=O)c3cccs3)n2)CC1. The van der Waals surface area contributed by atoms with E-state index in [4.69, 9.17) is 0 Å². The number of nitrogens with zero attached hydrogens (tertiary/aromatic N) is 3. The fourth-order valence-corrected chi connectivity index (χ4v) is 6.34. The molecule has 0 aromatic carbocycles. The van der Waals surface area contributed by atoms with Crippen LogP contribution in [-0.2, 0) is 21.4 Å². The van der Waals surface area contributed by atoms with Crippen LogP contribution in [-0.4, -0.2) is 55.2 Å². The first-order chi connectivity index (χ1) is 13.8. The van der Waals surface area contributed by atoms with Crippen LogP contribution >= 0.6 is 22.7 Å². The Hall–Kier alpha value is -1.33. The second-order valence-electron chi connectivity index (χ2n) is 7.51. The zero-order chi connectivity index (χ0) is 20.9. The maximum Gasteiger partial charge on any atom is 0.252 e. The molecule has 0 spiro atoms. The average molecular weight is 457 g/mol. The molecule has 0 bridgehead atoms. The molecule has 1 saturated heterocycles. The smallest absolute Gasteiger partial charge is 0.252 e. The van der Waals surface area contributed by atoms with E-state index in [-0.39, 0.29) is 12.3 Å². The fourth-order valence-electron chi connectivity index (χ4n) is 3.21. The molecule has 3 rings (SSSR count). The molecule has 3 heterocycles. The Morgan fingerprint density at radius 2 is 2.10 bits per heavy atom. The first-order valence-corrected chi connectivity index (χ1v) is 13.0. The number of rotatable bonds is 9. The predicted molar refractivity (Wildman–Crippen MR) is 118 cm³/mol. The first-order valence-electron chi connectivity index (χ1n) is 9.81. The number of thiophene rings is 1. The van der Waals surface area contributed by atoms with E-state index in [0.717, 1.165) is 31.2 Å². The van der Waals surface area contributed by atoms with Gasteiger partial charge in [0.05, 0.1) is 5.69 Å². The third kappa shape index (κ3) is 6.32. The Kier molecular flexibility index (Phi) is 7.80. The van der Waals surface area contributed by atoms with Gasteiger partial charge in [-0.2, -0.15) is 0 Å². The molecule has 0 saturated carbocycles. The molecule has 2 aromatic rings. The molecular weight excluding hydrogens is 428 g/mol. The molecular formula is C19H28N4O3S3. The Morgan fingerprint density at radius 3 is 2.79 bits per heavy atom. The zero-order valence-corrected chi connectivity index (χ0v) is 19.3. The standard InChI is InChI=1S/C19H28N4O3S3/c1-15-7-10-23(11-8-15)13-16-14-28-19(20-16)21-17(24)5-3-9-22(2)29(25,26)18-6-4-12-27-18/h4,6,12,14-15H,3,5,7-11,13H2,1-2H3,(H,20,21,24). The van der Waals surface area contributed by atoms with Gasteiger partial charge in [-0.15, -0.1) is 22.7 Å². The summed E-state index contributed by atoms with van der Waals surface area (Å²) >= 11 is 2.63. The normalized spacial score (nSPS) is 16.4. The van der Waals surface area contributed by atoms with Crippen molar-refractivity contribution in [3.05, 3.63) is 28.6 Å². The number of nitrogens with one attached hydrogen (secondary N) is 1. The topological polar surface area (TPSA) is 82.6 Å². The Morgan fingerprint density at radius 1 is 1.34 bits per heavy atom. The summed E-state index contributed by atoms with van der Waals surface area (Å²) in [6.45, 7) is 5.61. The van der Waals surface area contributed by atoms with Crippen LogP contribution in [0.3, 0.4) is 0 Å². The lowest BCUT2D eigenvalue weighted by Gasteiger charge is -2.29. The highest BCUT2D eigenvalue weighted by molar-refractivity contribution is 7.91. The largest absolute Gasteiger partial charge is 0.302 e. The molecule has 0 aliphatic carbocycles. The van der Waals surface area contributed by atoms with Crippen LogP contribution < -0.4 is 5.32 Å². The van der Waals surface area contributed by atoms with E-state index in [0.29, 0.717) is 22.3 Å². The Labute approximate surface area is 180 Å². The van der Waals surface area contributed by atoms with Crippen molar-refractivity contribution in [2.45, 2.75) is 43.4 Å². The second-order valence-corrected chi connectivity index (χ2v) is 11.6. The van der Waals surface area contributed by atoms with Crippen molar-refractivity contribution in [3.8, 4) is 0 Å². The van der Waals surface area contributed by atoms with Crippen LogP contribution in [0.25, 0.3) is 0 Å². The molecule has 2 aromatic heterocycles. The zero-order valence-electron chi connectivity index (χ0n) is 16.8. The third-order valence-corrected chi connectivity index (χ3v) is 9.13. The number of hydrogen-bond acceptors (Lipinski definition) is 7. The molecule has 0 atom stereocenters. The number of carbonyl (C=O) groups is 1. The van der Waals surface area contributed by atoms with Crippen molar-refractivity contribution < 1.29 is 13.2 Å². The third-order valence-electron chi connectivity index (χ3n) is 5.10. The average Bonchev–Trinajstić information content (AvgIpc) is 3.36. The second kappa shape index (κ2) is 10.1. The number of anilines is 1. The lowest BCUT2D eigenvalue weighted by Crippen LogP contribution is -2.32. The van der Waals surface area contributed by atoms with E-state index < -0.39 is 10.0 Å². The highest BCUT2D eigenvalue weighted by Crippen LogP contribution is 2.22. The van der Waals surface area contributed by atoms with E-state index in [1.165, 1.54) is 39.8 Å². The monoisotopic (exact) mass is 456 g/mol. The fraction of sp³-hybridized carbons (Fsp3) is 0.579. The van der Waals surface area contributed by atoms with Crippen LogP contribution in [0.15, 0.2) is 27.1 Å². The van der Waals surface area contributed by atoms with Crippen LogP contribution in [0, 0.1) is 5.92 Å². The van der Waals surface area contributed by atoms with Gasteiger partial charge in [0.25, 0.3) is 10.0 Å². The quantitative estimate of drug-likeness (QED) is 0.625. The van der Waals surface area contributed by atoms with E-state index in [1.807, 2.05) is 5.38 Å². The summed E-state index contributed by atoms with van der Waals surface area (Å²) in [5, 5.41) is 7.17. The molecule has 29 heavy (non-hydrogen) atoms. The number of piperidine rings is 1. The van der Waals surface area contributed by atoms with Crippen molar-refractivity contribution >= 4 is 43.7 Å². The summed E-state index contributed by atoms with van der Waals surface area (Å²) in [6.07, 6.45) is 3.16. The molecule has 1 aliphatic rings. The molecule has 1 amide bonds. The number of carbonyl (C=O) groups excluding carboxylic acids is 1. The summed E-state index contributed by atoms with van der Waals surface area (Å²) in [7, 11) is -1.92. The minimum atomic E-state index is -3.46. The summed E-state index contributed by atoms with van der Waals surface area (Å²) < 4.78 is 26.4. The van der Waals surface area contributed by atoms with Crippen molar-refractivity contribution in [3.63, 3.8) is 0 Å². The van der Waals surface area contributed by atoms with E-state index in [1.54, 1.807) is 24.6 Å². The lowest BCUT2D eigenvalue weighted by molar-refractivity contribution is -0.116. The van der Waals surface area contributed by atoms with E-state index in [9.17, 15) is 13.2 Å². The van der Waals surface area contributed by atoms with Gasteiger partial charge in [0.15, 0.2) is 5.13 Å². The molecule has 0 unspecified atom stereocenters. The predicted octanol–water partition coefficient (Wildman–Crippen LogP) is 3.48. The van der Waals surface area contributed by atoms with Crippen LogP contribution in [0.2, 0.25) is 0 Å². The highest BCUT2D eigenvalue weighted by atomic mass is 32.2. The van der Waals surface area contributed by atoms with Gasteiger partial charge < -0.3 is 5.32 Å². The van der Waals surface area contributed by atoms with Gasteiger partial charge in [-0.25, -0.2) is 17.7 Å². The summed E-state index contributed by atoms with van der Waals surface area (Å²) in [4.78, 5) is 19.1. The van der Waals surface area contributed by atoms with E-state index >= 15 is 0 Å². The van der Waals surface area contributed by atoms with Crippen molar-refractivity contribution in [2.75, 3.05) is 32.0 Å². The maximum atomic E-state index is 12.4. The van der Waals surface area contributed by atoms with Gasteiger partial charge >= 0.3 is 0 Å². The molecule has 7 nitrogen and oxygen atoms in total. The van der Waals surface area contributed by atoms with Gasteiger partial charge in [0.2, 0.25) is 5.91 Å². The van der Waals surface area contributed by atoms with Gasteiger partial charge in [0, 0.05) is 31.9 Å². The maximum absolute atomic E-state index is 12.4. The molecule has 0 radical (unpaired) electrons. The van der Waals surface area contributed by atoms with Crippen LogP contribution in [0.1, 0.15) is 38.3 Å². The number of thiazole rings is 1. The number of likely N-dealkylation sites (tertiary alicyclic amines) is 1. The summed E-state index contributed by atoms with van der Waals surface area (Å²) in [5.41, 5.74) is 0.988. The summed E-state index contributed by atoms with van der Waals surface area (Å²) in [5.74, 6) is 0.662. The van der Waals surface area contributed by atoms with Crippen LogP contribution in [0.5, 0.6) is 0 Å². The van der Waals surface area contributed by atoms with Crippen molar-refractivity contribution in [2.24, 2.45) is 5.92 Å². The first kappa shape index (κ1) is 22.4. The highest BCUT2D eigenvalue weighted by Gasteiger charge is 2.21. The molecule has 1 N–H and O–H groups in total. The van der Waals surface area contributed by atoms with Gasteiger partial charge in [-0.1, -0.05) is 13.0 Å². The lowest BCUT2D eigenvalue weighted by atomic mass is 9.99. The number of aromatic nitrogens is 1. The minimum absolute atomic E-state index is 0.139. The Balaban J connectivity index is 1.40. The van der Waals surface area contributed by atoms with Crippen molar-refractivity contribution in [1.82, 2.24) is 14.2 Å². The van der Waals surface area contributed by atoms with Gasteiger partial charge in [-0.3, -0.25) is 9.69 Å². The summed E-state index contributed by atoms with van der Waals surface area (Å²) in [6, 6.07) is 3.31. The molecule has 160 valence electrons. The number of amides is 1. The number of sulfonamides is 1. The molecule has 1 fully saturated rings. The van der Waals surface area contributed by atoms with E-state index in [2.05, 4.69) is 22.1 Å². The minimum Gasteiger partial charge on any atom is -0.302 e. The van der Waals surface area contributed by atoms with Crippen molar-refractivity contribution in [1.29, 1.82) is 0 Å². The number of hydrogen-bond donors (Lipinski definition) is 1. The van der Waals surface area contributed by atoms with Gasteiger partial charge in [-0.05, 0) is 49.7 Å². The molecule has 10 heteroatoms.